The molecule has 2 aromatic heterocycles. The zero-order valence-electron chi connectivity index (χ0n) is 12.0. The third kappa shape index (κ3) is 2.86. The fourth-order valence-corrected chi connectivity index (χ4v) is 2.20. The molecule has 0 saturated heterocycles. The van der Waals surface area contributed by atoms with Crippen LogP contribution in [-0.4, -0.2) is 21.0 Å². The van der Waals surface area contributed by atoms with Gasteiger partial charge in [-0.3, -0.25) is 4.98 Å². The van der Waals surface area contributed by atoms with Gasteiger partial charge in [0, 0.05) is 6.20 Å². The molecule has 0 aliphatic heterocycles. The third-order valence-electron chi connectivity index (χ3n) is 3.36. The molecule has 0 fully saturated rings. The van der Waals surface area contributed by atoms with Crippen LogP contribution in [-0.2, 0) is 0 Å². The molecule has 0 radical (unpaired) electrons. The number of hydrogen-bond donors (Lipinski definition) is 1. The van der Waals surface area contributed by atoms with Crippen molar-refractivity contribution in [3.05, 3.63) is 72.1 Å². The first-order valence-electron chi connectivity index (χ1n) is 6.87. The molecule has 1 aromatic carbocycles. The van der Waals surface area contributed by atoms with Crippen LogP contribution in [0.25, 0.3) is 22.5 Å². The van der Waals surface area contributed by atoms with Gasteiger partial charge in [-0.05, 0) is 42.3 Å². The number of carboxylic acids is 1. The van der Waals surface area contributed by atoms with E-state index in [1.54, 1.807) is 12.3 Å². The lowest BCUT2D eigenvalue weighted by Gasteiger charge is -2.07. The predicted molar refractivity (Wildman–Crippen MR) is 84.6 cm³/mol. The van der Waals surface area contributed by atoms with Crippen LogP contribution >= 0.6 is 0 Å². The number of aryl methyl sites for hydroxylation is 1. The summed E-state index contributed by atoms with van der Waals surface area (Å²) in [6.45, 7) is 2.01. The van der Waals surface area contributed by atoms with Crippen molar-refractivity contribution in [2.75, 3.05) is 0 Å². The lowest BCUT2D eigenvalue weighted by molar-refractivity contribution is 0.0690. The van der Waals surface area contributed by atoms with E-state index in [1.807, 2.05) is 55.5 Å². The summed E-state index contributed by atoms with van der Waals surface area (Å²) >= 11 is 0. The molecule has 108 valence electrons. The van der Waals surface area contributed by atoms with Crippen LogP contribution in [0.5, 0.6) is 0 Å². The first kappa shape index (κ1) is 13.9. The maximum absolute atomic E-state index is 11.3. The molecule has 0 spiro atoms. The van der Waals surface area contributed by atoms with E-state index in [0.717, 1.165) is 16.7 Å². The highest BCUT2D eigenvalue weighted by molar-refractivity contribution is 5.88. The molecular weight excluding hydrogens is 276 g/mol. The number of hydrogen-bond acceptors (Lipinski definition) is 3. The Hall–Kier alpha value is -3.01. The summed E-state index contributed by atoms with van der Waals surface area (Å²) in [6, 6.07) is 16.9. The molecule has 3 aromatic rings. The molecule has 2 heterocycles. The van der Waals surface area contributed by atoms with E-state index in [2.05, 4.69) is 9.97 Å². The molecule has 0 bridgehead atoms. The molecule has 4 nitrogen and oxygen atoms in total. The van der Waals surface area contributed by atoms with Gasteiger partial charge in [-0.1, -0.05) is 35.9 Å². The maximum Gasteiger partial charge on any atom is 0.354 e. The summed E-state index contributed by atoms with van der Waals surface area (Å²) in [5.41, 5.74) is 4.13. The average molecular weight is 290 g/mol. The number of pyridine rings is 2. The molecule has 3 rings (SSSR count). The summed E-state index contributed by atoms with van der Waals surface area (Å²) in [7, 11) is 0. The van der Waals surface area contributed by atoms with Gasteiger partial charge in [0.25, 0.3) is 0 Å². The highest BCUT2D eigenvalue weighted by Gasteiger charge is 2.12. The average Bonchev–Trinajstić information content (AvgIpc) is 2.56. The molecule has 1 N–H and O–H groups in total. The third-order valence-corrected chi connectivity index (χ3v) is 3.36. The first-order chi connectivity index (χ1) is 10.6. The van der Waals surface area contributed by atoms with Gasteiger partial charge in [-0.15, -0.1) is 0 Å². The Morgan fingerprint density at radius 3 is 2.36 bits per heavy atom. The van der Waals surface area contributed by atoms with Crippen LogP contribution < -0.4 is 0 Å². The van der Waals surface area contributed by atoms with E-state index in [9.17, 15) is 9.90 Å². The van der Waals surface area contributed by atoms with E-state index in [0.29, 0.717) is 11.4 Å². The van der Waals surface area contributed by atoms with Crippen molar-refractivity contribution in [3.8, 4) is 22.5 Å². The fourth-order valence-electron chi connectivity index (χ4n) is 2.20. The number of aromatic carboxylic acids is 1. The van der Waals surface area contributed by atoms with Crippen LogP contribution in [0.1, 0.15) is 16.1 Å². The van der Waals surface area contributed by atoms with E-state index in [4.69, 9.17) is 0 Å². The largest absolute Gasteiger partial charge is 0.477 e. The normalized spacial score (nSPS) is 10.4. The van der Waals surface area contributed by atoms with E-state index in [1.165, 1.54) is 0 Å². The van der Waals surface area contributed by atoms with Crippen LogP contribution in [0.4, 0.5) is 0 Å². The second-order valence-corrected chi connectivity index (χ2v) is 5.01. The minimum absolute atomic E-state index is 0.0127. The Labute approximate surface area is 128 Å². The summed E-state index contributed by atoms with van der Waals surface area (Å²) < 4.78 is 0. The maximum atomic E-state index is 11.3. The molecule has 0 saturated carbocycles. The van der Waals surface area contributed by atoms with Gasteiger partial charge in [0.1, 0.15) is 5.69 Å². The highest BCUT2D eigenvalue weighted by atomic mass is 16.4. The molecule has 22 heavy (non-hydrogen) atoms. The Bertz CT molecular complexity index is 812. The van der Waals surface area contributed by atoms with E-state index in [-0.39, 0.29) is 5.69 Å². The monoisotopic (exact) mass is 290 g/mol. The van der Waals surface area contributed by atoms with Crippen molar-refractivity contribution < 1.29 is 9.90 Å². The summed E-state index contributed by atoms with van der Waals surface area (Å²) in [5.74, 6) is -1.05. The van der Waals surface area contributed by atoms with Gasteiger partial charge in [-0.2, -0.15) is 0 Å². The molecule has 0 aliphatic carbocycles. The van der Waals surface area contributed by atoms with Gasteiger partial charge in [0.15, 0.2) is 0 Å². The highest BCUT2D eigenvalue weighted by Crippen LogP contribution is 2.25. The van der Waals surface area contributed by atoms with Gasteiger partial charge in [0.05, 0.1) is 11.4 Å². The second kappa shape index (κ2) is 5.77. The van der Waals surface area contributed by atoms with Crippen molar-refractivity contribution in [2.24, 2.45) is 0 Å². The van der Waals surface area contributed by atoms with Gasteiger partial charge < -0.3 is 5.11 Å². The minimum Gasteiger partial charge on any atom is -0.477 e. The quantitative estimate of drug-likeness (QED) is 0.796. The first-order valence-corrected chi connectivity index (χ1v) is 6.87. The summed E-state index contributed by atoms with van der Waals surface area (Å²) in [6.07, 6.45) is 1.66. The number of nitrogens with zero attached hydrogens (tertiary/aromatic N) is 2. The summed E-state index contributed by atoms with van der Waals surface area (Å²) in [4.78, 5) is 19.8. The van der Waals surface area contributed by atoms with Crippen LogP contribution in [0.15, 0.2) is 60.8 Å². The van der Waals surface area contributed by atoms with Crippen molar-refractivity contribution >= 4 is 5.97 Å². The molecule has 0 amide bonds. The van der Waals surface area contributed by atoms with E-state index >= 15 is 0 Å². The molecular formula is C18H14N2O2. The number of carbonyl (C=O) groups is 1. The zero-order valence-corrected chi connectivity index (χ0v) is 12.0. The summed E-state index contributed by atoms with van der Waals surface area (Å²) in [5, 5.41) is 9.29. The van der Waals surface area contributed by atoms with E-state index < -0.39 is 5.97 Å². The van der Waals surface area contributed by atoms with Crippen molar-refractivity contribution in [1.29, 1.82) is 0 Å². The fraction of sp³-hybridized carbons (Fsp3) is 0.0556. The molecule has 0 aliphatic rings. The van der Waals surface area contributed by atoms with Crippen LogP contribution in [0.2, 0.25) is 0 Å². The van der Waals surface area contributed by atoms with Crippen molar-refractivity contribution in [3.63, 3.8) is 0 Å². The lowest BCUT2D eigenvalue weighted by Crippen LogP contribution is -2.02. The van der Waals surface area contributed by atoms with Crippen LogP contribution in [0, 0.1) is 6.92 Å². The number of rotatable bonds is 3. The standard InChI is InChI=1S/C18H14N2O2/c1-12-5-7-13(8-6-12)14-10-16(15-4-2-3-9-19-15)20-17(11-14)18(21)22/h2-11H,1H3,(H,21,22). The minimum atomic E-state index is -1.05. The Morgan fingerprint density at radius 1 is 0.955 bits per heavy atom. The second-order valence-electron chi connectivity index (χ2n) is 5.01. The zero-order chi connectivity index (χ0) is 15.5. The Kier molecular flexibility index (Phi) is 3.66. The number of benzene rings is 1. The number of carboxylic acid groups (broad SMARTS) is 1. The lowest BCUT2D eigenvalue weighted by atomic mass is 10.0. The van der Waals surface area contributed by atoms with Crippen molar-refractivity contribution in [2.45, 2.75) is 6.92 Å². The van der Waals surface area contributed by atoms with Crippen LogP contribution in [0.3, 0.4) is 0 Å². The van der Waals surface area contributed by atoms with Gasteiger partial charge in [0.2, 0.25) is 0 Å². The predicted octanol–water partition coefficient (Wildman–Crippen LogP) is 3.82. The molecule has 0 unspecified atom stereocenters. The Morgan fingerprint density at radius 2 is 1.73 bits per heavy atom. The topological polar surface area (TPSA) is 63.1 Å². The smallest absolute Gasteiger partial charge is 0.354 e. The van der Waals surface area contributed by atoms with Crippen molar-refractivity contribution in [1.82, 2.24) is 9.97 Å². The Balaban J connectivity index is 2.16. The SMILES string of the molecule is Cc1ccc(-c2cc(C(=O)O)nc(-c3ccccn3)c2)cc1. The molecule has 4 heteroatoms. The van der Waals surface area contributed by atoms with Gasteiger partial charge in [-0.25, -0.2) is 9.78 Å². The number of aromatic nitrogens is 2. The molecule has 0 atom stereocenters. The van der Waals surface area contributed by atoms with Gasteiger partial charge >= 0.3 is 5.97 Å².